The fraction of sp³-hybridized carbons (Fsp3) is 0.526. The molecular weight excluding hydrogens is 391 g/mol. The molecule has 0 spiro atoms. The summed E-state index contributed by atoms with van der Waals surface area (Å²) < 4.78 is 69.6. The van der Waals surface area contributed by atoms with Gasteiger partial charge >= 0.3 is 6.18 Å². The molecule has 0 unspecified atom stereocenters. The van der Waals surface area contributed by atoms with Crippen molar-refractivity contribution in [2.75, 3.05) is 4.72 Å². The van der Waals surface area contributed by atoms with E-state index < -0.39 is 32.9 Å². The lowest BCUT2D eigenvalue weighted by Crippen LogP contribution is -2.21. The number of anilines is 1. The van der Waals surface area contributed by atoms with Crippen molar-refractivity contribution in [1.29, 1.82) is 0 Å². The summed E-state index contributed by atoms with van der Waals surface area (Å²) in [5.74, 6) is 0. The van der Waals surface area contributed by atoms with Crippen LogP contribution in [0.15, 0.2) is 35.4 Å². The minimum absolute atomic E-state index is 0.0797. The fourth-order valence-electron chi connectivity index (χ4n) is 3.47. The van der Waals surface area contributed by atoms with E-state index in [2.05, 4.69) is 9.82 Å². The van der Waals surface area contributed by atoms with Crippen LogP contribution in [0.4, 0.5) is 18.9 Å². The number of para-hydroxylation sites is 1. The minimum Gasteiger partial charge on any atom is -0.279 e. The normalized spacial score (nSPS) is 16.5. The van der Waals surface area contributed by atoms with Crippen molar-refractivity contribution in [2.24, 2.45) is 0 Å². The molecule has 0 amide bonds. The van der Waals surface area contributed by atoms with Crippen molar-refractivity contribution in [3.05, 3.63) is 41.7 Å². The van der Waals surface area contributed by atoms with Gasteiger partial charge in [-0.25, -0.2) is 8.42 Å². The van der Waals surface area contributed by atoms with Crippen LogP contribution in [0.25, 0.3) is 0 Å². The average Bonchev–Trinajstić information content (AvgIpc) is 3.23. The van der Waals surface area contributed by atoms with Crippen LogP contribution in [0.5, 0.6) is 0 Å². The zero-order chi connectivity index (χ0) is 20.7. The quantitative estimate of drug-likeness (QED) is 0.754. The largest absolute Gasteiger partial charge is 0.418 e. The standard InChI is InChI=1S/C19H24F3N3O2S/c1-18(2,3)17-16(12-25(23-17)13-8-4-5-9-13)28(26,27)24-15-11-7-6-10-14(15)19(20,21)22/h6-7,10-13,24H,4-5,8-9H2,1-3H3. The van der Waals surface area contributed by atoms with E-state index in [0.29, 0.717) is 5.69 Å². The monoisotopic (exact) mass is 415 g/mol. The Morgan fingerprint density at radius 2 is 1.71 bits per heavy atom. The molecule has 1 aromatic carbocycles. The molecule has 1 aliphatic carbocycles. The van der Waals surface area contributed by atoms with Gasteiger partial charge in [0.1, 0.15) is 4.90 Å². The molecule has 2 aromatic rings. The van der Waals surface area contributed by atoms with Crippen molar-refractivity contribution in [2.45, 2.75) is 69.0 Å². The lowest BCUT2D eigenvalue weighted by atomic mass is 9.92. The van der Waals surface area contributed by atoms with Crippen molar-refractivity contribution < 1.29 is 21.6 Å². The maximum absolute atomic E-state index is 13.3. The van der Waals surface area contributed by atoms with Crippen LogP contribution in [0.2, 0.25) is 0 Å². The predicted octanol–water partition coefficient (Wildman–Crippen LogP) is 5.12. The highest BCUT2D eigenvalue weighted by Crippen LogP contribution is 2.37. The molecule has 1 heterocycles. The van der Waals surface area contributed by atoms with Crippen LogP contribution >= 0.6 is 0 Å². The molecule has 0 saturated heterocycles. The Labute approximate surface area is 163 Å². The summed E-state index contributed by atoms with van der Waals surface area (Å²) in [7, 11) is -4.25. The Hall–Kier alpha value is -2.03. The van der Waals surface area contributed by atoms with Crippen molar-refractivity contribution in [1.82, 2.24) is 9.78 Å². The smallest absolute Gasteiger partial charge is 0.279 e. The first-order chi connectivity index (χ1) is 12.9. The molecule has 1 N–H and O–H groups in total. The van der Waals surface area contributed by atoms with Gasteiger partial charge in [-0.05, 0) is 25.0 Å². The molecule has 0 aliphatic heterocycles. The van der Waals surface area contributed by atoms with E-state index in [1.807, 2.05) is 20.8 Å². The molecule has 0 radical (unpaired) electrons. The van der Waals surface area contributed by atoms with Crippen LogP contribution in [-0.4, -0.2) is 18.2 Å². The third kappa shape index (κ3) is 4.19. The molecule has 5 nitrogen and oxygen atoms in total. The van der Waals surface area contributed by atoms with E-state index in [0.717, 1.165) is 37.8 Å². The van der Waals surface area contributed by atoms with Gasteiger partial charge in [0, 0.05) is 11.6 Å². The molecule has 1 aliphatic rings. The number of rotatable bonds is 4. The van der Waals surface area contributed by atoms with Gasteiger partial charge in [-0.1, -0.05) is 45.7 Å². The highest BCUT2D eigenvalue weighted by atomic mass is 32.2. The van der Waals surface area contributed by atoms with Gasteiger partial charge < -0.3 is 0 Å². The first-order valence-electron chi connectivity index (χ1n) is 9.18. The Balaban J connectivity index is 2.05. The van der Waals surface area contributed by atoms with E-state index in [1.54, 1.807) is 4.68 Å². The molecule has 28 heavy (non-hydrogen) atoms. The molecule has 0 atom stereocenters. The second-order valence-corrected chi connectivity index (χ2v) is 9.81. The maximum atomic E-state index is 13.3. The lowest BCUT2D eigenvalue weighted by molar-refractivity contribution is -0.136. The zero-order valence-corrected chi connectivity index (χ0v) is 16.9. The molecule has 1 fully saturated rings. The topological polar surface area (TPSA) is 64.0 Å². The van der Waals surface area contributed by atoms with Gasteiger partial charge in [0.15, 0.2) is 0 Å². The van der Waals surface area contributed by atoms with Crippen molar-refractivity contribution in [3.63, 3.8) is 0 Å². The third-order valence-corrected chi connectivity index (χ3v) is 6.24. The Bertz CT molecular complexity index is 954. The van der Waals surface area contributed by atoms with Crippen LogP contribution < -0.4 is 4.72 Å². The van der Waals surface area contributed by atoms with E-state index in [4.69, 9.17) is 0 Å². The number of sulfonamides is 1. The van der Waals surface area contributed by atoms with Crippen molar-refractivity contribution in [3.8, 4) is 0 Å². The highest BCUT2D eigenvalue weighted by molar-refractivity contribution is 7.92. The summed E-state index contributed by atoms with van der Waals surface area (Å²) >= 11 is 0. The van der Waals surface area contributed by atoms with Gasteiger partial charge in [0.25, 0.3) is 10.0 Å². The van der Waals surface area contributed by atoms with Crippen LogP contribution in [0, 0.1) is 0 Å². The first-order valence-corrected chi connectivity index (χ1v) is 10.7. The minimum atomic E-state index is -4.67. The molecule has 0 bridgehead atoms. The summed E-state index contributed by atoms with van der Waals surface area (Å²) in [6.07, 6.45) is 0.711. The summed E-state index contributed by atoms with van der Waals surface area (Å²) in [5.41, 5.74) is -1.77. The average molecular weight is 415 g/mol. The zero-order valence-electron chi connectivity index (χ0n) is 16.0. The Kier molecular flexibility index (Phi) is 5.24. The number of hydrogen-bond donors (Lipinski definition) is 1. The third-order valence-electron chi connectivity index (χ3n) is 4.87. The second kappa shape index (κ2) is 7.09. The van der Waals surface area contributed by atoms with Gasteiger partial charge in [-0.15, -0.1) is 0 Å². The molecule has 9 heteroatoms. The number of alkyl halides is 3. The SMILES string of the molecule is CC(C)(C)c1nn(C2CCCC2)cc1S(=O)(=O)Nc1ccccc1C(F)(F)F. The summed E-state index contributed by atoms with van der Waals surface area (Å²) in [5, 5.41) is 4.52. The van der Waals surface area contributed by atoms with E-state index in [9.17, 15) is 21.6 Å². The number of hydrogen-bond acceptors (Lipinski definition) is 3. The first kappa shape index (κ1) is 20.7. The molecule has 1 saturated carbocycles. The molecule has 3 rings (SSSR count). The van der Waals surface area contributed by atoms with E-state index in [1.165, 1.54) is 18.3 Å². The molecular formula is C19H24F3N3O2S. The van der Waals surface area contributed by atoms with E-state index >= 15 is 0 Å². The highest BCUT2D eigenvalue weighted by Gasteiger charge is 2.36. The van der Waals surface area contributed by atoms with Gasteiger partial charge in [-0.3, -0.25) is 9.40 Å². The predicted molar refractivity (Wildman–Crippen MR) is 101 cm³/mol. The van der Waals surface area contributed by atoms with Crippen LogP contribution in [-0.2, 0) is 21.6 Å². The number of benzene rings is 1. The fourth-order valence-corrected chi connectivity index (χ4v) is 4.89. The Morgan fingerprint density at radius 1 is 1.11 bits per heavy atom. The number of nitrogens with one attached hydrogen (secondary N) is 1. The molecule has 154 valence electrons. The lowest BCUT2D eigenvalue weighted by Gasteiger charge is -2.19. The summed E-state index contributed by atoms with van der Waals surface area (Å²) in [6.45, 7) is 5.49. The van der Waals surface area contributed by atoms with Crippen LogP contribution in [0.3, 0.4) is 0 Å². The summed E-state index contributed by atoms with van der Waals surface area (Å²) in [6, 6.07) is 4.66. The maximum Gasteiger partial charge on any atom is 0.418 e. The summed E-state index contributed by atoms with van der Waals surface area (Å²) in [4.78, 5) is -0.0797. The van der Waals surface area contributed by atoms with Gasteiger partial charge in [-0.2, -0.15) is 18.3 Å². The number of aromatic nitrogens is 2. The molecule has 1 aromatic heterocycles. The Morgan fingerprint density at radius 3 is 2.29 bits per heavy atom. The van der Waals surface area contributed by atoms with Gasteiger partial charge in [0.05, 0.1) is 23.0 Å². The second-order valence-electron chi connectivity index (χ2n) is 8.16. The van der Waals surface area contributed by atoms with E-state index in [-0.39, 0.29) is 10.9 Å². The number of nitrogens with zero attached hydrogens (tertiary/aromatic N) is 2. The number of halogens is 3. The van der Waals surface area contributed by atoms with Crippen molar-refractivity contribution >= 4 is 15.7 Å². The van der Waals surface area contributed by atoms with Crippen LogP contribution in [0.1, 0.15) is 63.8 Å². The van der Waals surface area contributed by atoms with Gasteiger partial charge in [0.2, 0.25) is 0 Å².